The molecule has 0 unspecified atom stereocenters. The van der Waals surface area contributed by atoms with Crippen molar-refractivity contribution in [3.8, 4) is 0 Å². The Bertz CT molecular complexity index is 245. The lowest BCUT2D eigenvalue weighted by atomic mass is 9.55. The van der Waals surface area contributed by atoms with Crippen molar-refractivity contribution in [3.05, 3.63) is 0 Å². The molecule has 2 nitrogen and oxygen atoms in total. The van der Waals surface area contributed by atoms with Crippen molar-refractivity contribution in [1.29, 1.82) is 0 Å². The molecule has 0 heterocycles. The van der Waals surface area contributed by atoms with Crippen molar-refractivity contribution in [2.24, 2.45) is 5.41 Å². The van der Waals surface area contributed by atoms with Gasteiger partial charge in [-0.1, -0.05) is 25.7 Å². The van der Waals surface area contributed by atoms with Gasteiger partial charge in [-0.3, -0.25) is 4.79 Å². The van der Waals surface area contributed by atoms with Crippen molar-refractivity contribution in [3.63, 3.8) is 0 Å². The van der Waals surface area contributed by atoms with Gasteiger partial charge in [0.15, 0.2) is 0 Å². The zero-order valence-electron chi connectivity index (χ0n) is 9.97. The molecule has 2 rings (SSSR count). The normalized spacial score (nSPS) is 40.9. The molecule has 0 bridgehead atoms. The van der Waals surface area contributed by atoms with Crippen LogP contribution in [0.2, 0.25) is 0 Å². The SMILES string of the molecule is COC12CCCCC1(C(C)=O)CCCC2. The summed E-state index contributed by atoms with van der Waals surface area (Å²) in [6.07, 6.45) is 9.12. The highest BCUT2D eigenvalue weighted by Crippen LogP contribution is 2.55. The van der Waals surface area contributed by atoms with E-state index in [1.165, 1.54) is 25.7 Å². The van der Waals surface area contributed by atoms with Gasteiger partial charge in [0.1, 0.15) is 5.78 Å². The van der Waals surface area contributed by atoms with Crippen molar-refractivity contribution in [2.45, 2.75) is 63.9 Å². The highest BCUT2D eigenvalue weighted by atomic mass is 16.5. The van der Waals surface area contributed by atoms with Gasteiger partial charge < -0.3 is 4.74 Å². The molecule has 0 radical (unpaired) electrons. The fourth-order valence-electron chi connectivity index (χ4n) is 3.93. The molecule has 15 heavy (non-hydrogen) atoms. The smallest absolute Gasteiger partial charge is 0.138 e. The number of hydrogen-bond acceptors (Lipinski definition) is 2. The summed E-state index contributed by atoms with van der Waals surface area (Å²) >= 11 is 0. The number of carbonyl (C=O) groups excluding carboxylic acids is 1. The summed E-state index contributed by atoms with van der Waals surface area (Å²) < 4.78 is 5.83. The second-order valence-corrected chi connectivity index (χ2v) is 5.25. The third-order valence-electron chi connectivity index (χ3n) is 4.81. The van der Waals surface area contributed by atoms with Crippen molar-refractivity contribution in [1.82, 2.24) is 0 Å². The van der Waals surface area contributed by atoms with Crippen LogP contribution in [0.1, 0.15) is 58.3 Å². The molecule has 2 aliphatic rings. The maximum atomic E-state index is 12.0. The van der Waals surface area contributed by atoms with Crippen molar-refractivity contribution in [2.75, 3.05) is 7.11 Å². The Morgan fingerprint density at radius 2 is 1.47 bits per heavy atom. The number of hydrogen-bond donors (Lipinski definition) is 0. The molecule has 2 saturated carbocycles. The van der Waals surface area contributed by atoms with Gasteiger partial charge >= 0.3 is 0 Å². The summed E-state index contributed by atoms with van der Waals surface area (Å²) in [5.74, 6) is 0.365. The predicted octanol–water partition coefficient (Wildman–Crippen LogP) is 3.10. The number of fused-ring (bicyclic) bond motifs is 1. The van der Waals surface area contributed by atoms with Crippen LogP contribution in [0.15, 0.2) is 0 Å². The molecule has 2 heteroatoms. The van der Waals surface area contributed by atoms with E-state index in [1.807, 2.05) is 0 Å². The van der Waals surface area contributed by atoms with Crippen LogP contribution in [0.5, 0.6) is 0 Å². The standard InChI is InChI=1S/C13H22O2/c1-11(14)12-7-3-5-9-13(12,15-2)10-6-4-8-12/h3-10H2,1-2H3. The maximum absolute atomic E-state index is 12.0. The summed E-state index contributed by atoms with van der Waals surface area (Å²) in [5, 5.41) is 0. The molecule has 0 amide bonds. The van der Waals surface area contributed by atoms with E-state index in [0.29, 0.717) is 5.78 Å². The van der Waals surface area contributed by atoms with Crippen LogP contribution in [0, 0.1) is 5.41 Å². The molecule has 0 aromatic rings. The minimum absolute atomic E-state index is 0.116. The summed E-state index contributed by atoms with van der Waals surface area (Å²) in [6, 6.07) is 0. The number of methoxy groups -OCH3 is 1. The van der Waals surface area contributed by atoms with Crippen LogP contribution in [-0.2, 0) is 9.53 Å². The van der Waals surface area contributed by atoms with Crippen LogP contribution >= 0.6 is 0 Å². The quantitative estimate of drug-likeness (QED) is 0.700. The highest BCUT2D eigenvalue weighted by molar-refractivity contribution is 5.84. The number of carbonyl (C=O) groups is 1. The lowest BCUT2D eigenvalue weighted by Crippen LogP contribution is -2.57. The Balaban J connectivity index is 2.37. The zero-order valence-corrected chi connectivity index (χ0v) is 9.97. The largest absolute Gasteiger partial charge is 0.377 e. The fraction of sp³-hybridized carbons (Fsp3) is 0.923. The minimum atomic E-state index is -0.141. The summed E-state index contributed by atoms with van der Waals surface area (Å²) in [5.41, 5.74) is -0.256. The van der Waals surface area contributed by atoms with Crippen LogP contribution < -0.4 is 0 Å². The first kappa shape index (κ1) is 11.1. The van der Waals surface area contributed by atoms with E-state index < -0.39 is 0 Å². The molecule has 0 aromatic carbocycles. The number of ketones is 1. The lowest BCUT2D eigenvalue weighted by Gasteiger charge is -2.54. The molecule has 0 N–H and O–H groups in total. The molecular weight excluding hydrogens is 188 g/mol. The average molecular weight is 210 g/mol. The van der Waals surface area contributed by atoms with Crippen LogP contribution in [-0.4, -0.2) is 18.5 Å². The minimum Gasteiger partial charge on any atom is -0.377 e. The number of rotatable bonds is 2. The van der Waals surface area contributed by atoms with E-state index >= 15 is 0 Å². The molecule has 0 spiro atoms. The van der Waals surface area contributed by atoms with Gasteiger partial charge in [-0.05, 0) is 32.6 Å². The predicted molar refractivity (Wildman–Crippen MR) is 59.8 cm³/mol. The summed E-state index contributed by atoms with van der Waals surface area (Å²) in [7, 11) is 1.80. The maximum Gasteiger partial charge on any atom is 0.138 e. The topological polar surface area (TPSA) is 26.3 Å². The van der Waals surface area contributed by atoms with Crippen molar-refractivity contribution < 1.29 is 9.53 Å². The molecule has 86 valence electrons. The molecule has 2 fully saturated rings. The third kappa shape index (κ3) is 1.45. The van der Waals surface area contributed by atoms with E-state index in [2.05, 4.69) is 0 Å². The second kappa shape index (κ2) is 3.89. The molecule has 0 aliphatic heterocycles. The van der Waals surface area contributed by atoms with E-state index in [1.54, 1.807) is 14.0 Å². The van der Waals surface area contributed by atoms with E-state index in [9.17, 15) is 4.79 Å². The molecule has 0 aromatic heterocycles. The van der Waals surface area contributed by atoms with Crippen LogP contribution in [0.25, 0.3) is 0 Å². The molecule has 0 saturated heterocycles. The van der Waals surface area contributed by atoms with Crippen molar-refractivity contribution >= 4 is 5.78 Å². The van der Waals surface area contributed by atoms with Crippen LogP contribution in [0.4, 0.5) is 0 Å². The first-order valence-electron chi connectivity index (χ1n) is 6.23. The van der Waals surface area contributed by atoms with Gasteiger partial charge in [0.25, 0.3) is 0 Å². The Morgan fingerprint density at radius 1 is 1.00 bits per heavy atom. The molecular formula is C13H22O2. The van der Waals surface area contributed by atoms with E-state index in [4.69, 9.17) is 4.74 Å². The lowest BCUT2D eigenvalue weighted by molar-refractivity contribution is -0.177. The third-order valence-corrected chi connectivity index (χ3v) is 4.81. The highest BCUT2D eigenvalue weighted by Gasteiger charge is 2.56. The number of ether oxygens (including phenoxy) is 1. The van der Waals surface area contributed by atoms with Gasteiger partial charge in [0.2, 0.25) is 0 Å². The van der Waals surface area contributed by atoms with Crippen LogP contribution in [0.3, 0.4) is 0 Å². The molecule has 2 aliphatic carbocycles. The van der Waals surface area contributed by atoms with Gasteiger partial charge in [0, 0.05) is 7.11 Å². The van der Waals surface area contributed by atoms with Gasteiger partial charge in [-0.25, -0.2) is 0 Å². The Hall–Kier alpha value is -0.370. The van der Waals surface area contributed by atoms with E-state index in [-0.39, 0.29) is 11.0 Å². The number of Topliss-reactive ketones (excluding diaryl/α,β-unsaturated/α-hetero) is 1. The van der Waals surface area contributed by atoms with Gasteiger partial charge in [-0.2, -0.15) is 0 Å². The Kier molecular flexibility index (Phi) is 2.89. The average Bonchev–Trinajstić information content (AvgIpc) is 2.28. The fourth-order valence-corrected chi connectivity index (χ4v) is 3.93. The van der Waals surface area contributed by atoms with E-state index in [0.717, 1.165) is 25.7 Å². The summed E-state index contributed by atoms with van der Waals surface area (Å²) in [6.45, 7) is 1.77. The molecule has 0 atom stereocenters. The Morgan fingerprint density at radius 3 is 1.80 bits per heavy atom. The Labute approximate surface area is 92.4 Å². The first-order chi connectivity index (χ1) is 7.17. The van der Waals surface area contributed by atoms with Gasteiger partial charge in [-0.15, -0.1) is 0 Å². The monoisotopic (exact) mass is 210 g/mol. The van der Waals surface area contributed by atoms with Gasteiger partial charge in [0.05, 0.1) is 11.0 Å². The zero-order chi connectivity index (χ0) is 10.9. The first-order valence-corrected chi connectivity index (χ1v) is 6.23. The summed E-state index contributed by atoms with van der Waals surface area (Å²) in [4.78, 5) is 12.0. The second-order valence-electron chi connectivity index (χ2n) is 5.25.